The minimum absolute atomic E-state index is 0.0631. The number of carbonyl (C=O) groups excluding carboxylic acids is 2. The largest absolute Gasteiger partial charge is 0.417 e. The summed E-state index contributed by atoms with van der Waals surface area (Å²) in [7, 11) is 0. The Bertz CT molecular complexity index is 811. The summed E-state index contributed by atoms with van der Waals surface area (Å²) in [5.41, 5.74) is 0.167. The minimum atomic E-state index is -4.55. The molecule has 0 aliphatic carbocycles. The second kappa shape index (κ2) is 8.46. The predicted octanol–water partition coefficient (Wildman–Crippen LogP) is 5.05. The van der Waals surface area contributed by atoms with Crippen LogP contribution in [0.25, 0.3) is 0 Å². The Kier molecular flexibility index (Phi) is 6.55. The van der Waals surface area contributed by atoms with E-state index in [0.29, 0.717) is 11.4 Å². The molecular weight excluding hydrogens is 389 g/mol. The Morgan fingerprint density at radius 2 is 1.62 bits per heavy atom. The maximum atomic E-state index is 12.8. The molecule has 0 fully saturated rings. The van der Waals surface area contributed by atoms with Crippen molar-refractivity contribution in [2.24, 2.45) is 0 Å². The van der Waals surface area contributed by atoms with Crippen molar-refractivity contribution in [1.82, 2.24) is 0 Å². The summed E-state index contributed by atoms with van der Waals surface area (Å²) >= 11 is 6.53. The van der Waals surface area contributed by atoms with Crippen molar-refractivity contribution in [2.75, 3.05) is 16.4 Å². The van der Waals surface area contributed by atoms with Gasteiger partial charge in [0.15, 0.2) is 0 Å². The molecule has 0 spiro atoms. The zero-order valence-electron chi connectivity index (χ0n) is 13.5. The Balaban J connectivity index is 1.94. The Hall–Kier alpha value is -2.19. The van der Waals surface area contributed by atoms with E-state index in [1.807, 2.05) is 0 Å². The first-order valence-electron chi connectivity index (χ1n) is 7.32. The normalized spacial score (nSPS) is 11.1. The van der Waals surface area contributed by atoms with E-state index in [-0.39, 0.29) is 27.5 Å². The third kappa shape index (κ3) is 5.96. The van der Waals surface area contributed by atoms with Gasteiger partial charge in [-0.1, -0.05) is 11.6 Å². The molecule has 4 nitrogen and oxygen atoms in total. The zero-order valence-corrected chi connectivity index (χ0v) is 15.1. The molecule has 0 heterocycles. The number of hydrogen-bond acceptors (Lipinski definition) is 3. The summed E-state index contributed by atoms with van der Waals surface area (Å²) in [5.74, 6) is -0.642. The van der Waals surface area contributed by atoms with Crippen molar-refractivity contribution < 1.29 is 22.8 Å². The van der Waals surface area contributed by atoms with Gasteiger partial charge in [-0.2, -0.15) is 13.2 Å². The van der Waals surface area contributed by atoms with E-state index in [4.69, 9.17) is 11.6 Å². The number of alkyl halides is 3. The number of halogens is 4. The molecule has 0 aliphatic heterocycles. The van der Waals surface area contributed by atoms with Crippen molar-refractivity contribution in [3.05, 3.63) is 53.1 Å². The second-order valence-electron chi connectivity index (χ2n) is 5.23. The highest BCUT2D eigenvalue weighted by atomic mass is 35.5. The molecule has 26 heavy (non-hydrogen) atoms. The van der Waals surface area contributed by atoms with Crippen LogP contribution in [0.5, 0.6) is 0 Å². The number of benzene rings is 2. The summed E-state index contributed by atoms with van der Waals surface area (Å²) in [6, 6.07) is 9.97. The van der Waals surface area contributed by atoms with E-state index in [1.165, 1.54) is 13.0 Å². The molecule has 0 aliphatic rings. The van der Waals surface area contributed by atoms with Crippen molar-refractivity contribution in [2.45, 2.75) is 18.0 Å². The van der Waals surface area contributed by atoms with Crippen molar-refractivity contribution in [3.8, 4) is 0 Å². The fourth-order valence-corrected chi connectivity index (χ4v) is 2.96. The summed E-state index contributed by atoms with van der Waals surface area (Å²) < 4.78 is 38.5. The van der Waals surface area contributed by atoms with Crippen molar-refractivity contribution >= 4 is 46.6 Å². The molecule has 2 aromatic rings. The predicted molar refractivity (Wildman–Crippen MR) is 96.6 cm³/mol. The SMILES string of the molecule is CC(=O)Nc1ccc(NC(=O)CSc2ccc(Cl)c(C(F)(F)F)c2)cc1. The zero-order chi connectivity index (χ0) is 19.3. The van der Waals surface area contributed by atoms with Crippen LogP contribution < -0.4 is 10.6 Å². The number of thioether (sulfide) groups is 1. The van der Waals surface area contributed by atoms with Crippen LogP contribution in [0, 0.1) is 0 Å². The lowest BCUT2D eigenvalue weighted by Crippen LogP contribution is -2.14. The highest BCUT2D eigenvalue weighted by Crippen LogP contribution is 2.37. The highest BCUT2D eigenvalue weighted by Gasteiger charge is 2.33. The molecule has 0 saturated heterocycles. The van der Waals surface area contributed by atoms with Crippen LogP contribution in [0.15, 0.2) is 47.4 Å². The average Bonchev–Trinajstić information content (AvgIpc) is 2.54. The van der Waals surface area contributed by atoms with Crippen molar-refractivity contribution in [1.29, 1.82) is 0 Å². The third-order valence-corrected chi connectivity index (χ3v) is 4.43. The van der Waals surface area contributed by atoms with Crippen LogP contribution in [0.4, 0.5) is 24.5 Å². The van der Waals surface area contributed by atoms with Crippen LogP contribution in [0.3, 0.4) is 0 Å². The van der Waals surface area contributed by atoms with Crippen LogP contribution >= 0.6 is 23.4 Å². The van der Waals surface area contributed by atoms with Crippen LogP contribution in [-0.4, -0.2) is 17.6 Å². The lowest BCUT2D eigenvalue weighted by Gasteiger charge is -2.11. The van der Waals surface area contributed by atoms with Gasteiger partial charge < -0.3 is 10.6 Å². The molecule has 0 bridgehead atoms. The molecular formula is C17H14ClF3N2O2S. The van der Waals surface area contributed by atoms with E-state index >= 15 is 0 Å². The first-order chi connectivity index (χ1) is 12.1. The Labute approximate surface area is 157 Å². The fourth-order valence-electron chi connectivity index (χ4n) is 2.00. The number of anilines is 2. The molecule has 0 atom stereocenters. The molecule has 138 valence electrons. The first kappa shape index (κ1) is 20.1. The number of amides is 2. The van der Waals surface area contributed by atoms with E-state index in [1.54, 1.807) is 24.3 Å². The number of hydrogen-bond donors (Lipinski definition) is 2. The maximum absolute atomic E-state index is 12.8. The third-order valence-electron chi connectivity index (χ3n) is 3.10. The number of nitrogens with one attached hydrogen (secondary N) is 2. The average molecular weight is 403 g/mol. The molecule has 2 rings (SSSR count). The minimum Gasteiger partial charge on any atom is -0.326 e. The molecule has 0 radical (unpaired) electrons. The van der Waals surface area contributed by atoms with Gasteiger partial charge in [-0.25, -0.2) is 0 Å². The topological polar surface area (TPSA) is 58.2 Å². The Morgan fingerprint density at radius 1 is 1.04 bits per heavy atom. The van der Waals surface area contributed by atoms with E-state index < -0.39 is 11.7 Å². The van der Waals surface area contributed by atoms with Gasteiger partial charge in [-0.3, -0.25) is 9.59 Å². The van der Waals surface area contributed by atoms with Crippen LogP contribution in [0.1, 0.15) is 12.5 Å². The summed E-state index contributed by atoms with van der Waals surface area (Å²) in [6.07, 6.45) is -4.55. The van der Waals surface area contributed by atoms with E-state index in [2.05, 4.69) is 10.6 Å². The number of carbonyl (C=O) groups is 2. The Morgan fingerprint density at radius 3 is 2.15 bits per heavy atom. The second-order valence-corrected chi connectivity index (χ2v) is 6.69. The molecule has 0 unspecified atom stereocenters. The molecule has 9 heteroatoms. The van der Waals surface area contributed by atoms with E-state index in [9.17, 15) is 22.8 Å². The van der Waals surface area contributed by atoms with E-state index in [0.717, 1.165) is 23.9 Å². The molecule has 0 saturated carbocycles. The van der Waals surface area contributed by atoms with Gasteiger partial charge in [-0.15, -0.1) is 11.8 Å². The fraction of sp³-hybridized carbons (Fsp3) is 0.176. The molecule has 2 aromatic carbocycles. The molecule has 2 N–H and O–H groups in total. The smallest absolute Gasteiger partial charge is 0.326 e. The van der Waals surface area contributed by atoms with Gasteiger partial charge in [0.05, 0.1) is 16.3 Å². The van der Waals surface area contributed by atoms with Gasteiger partial charge in [0.2, 0.25) is 11.8 Å². The first-order valence-corrected chi connectivity index (χ1v) is 8.68. The molecule has 2 amide bonds. The van der Waals surface area contributed by atoms with Crippen molar-refractivity contribution in [3.63, 3.8) is 0 Å². The van der Waals surface area contributed by atoms with Gasteiger partial charge in [-0.05, 0) is 42.5 Å². The maximum Gasteiger partial charge on any atom is 0.417 e. The standard InChI is InChI=1S/C17H14ClF3N2O2S/c1-10(24)22-11-2-4-12(5-3-11)23-16(25)9-26-13-6-7-15(18)14(8-13)17(19,20)21/h2-8H,9H2,1H3,(H,22,24)(H,23,25). The van der Waals surface area contributed by atoms with Crippen LogP contribution in [0.2, 0.25) is 5.02 Å². The van der Waals surface area contributed by atoms with Crippen LogP contribution in [-0.2, 0) is 15.8 Å². The summed E-state index contributed by atoms with van der Waals surface area (Å²) in [6.45, 7) is 1.38. The van der Waals surface area contributed by atoms with Gasteiger partial charge in [0, 0.05) is 23.2 Å². The van der Waals surface area contributed by atoms with Gasteiger partial charge in [0.25, 0.3) is 0 Å². The van der Waals surface area contributed by atoms with Gasteiger partial charge >= 0.3 is 6.18 Å². The summed E-state index contributed by atoms with van der Waals surface area (Å²) in [4.78, 5) is 23.2. The van der Waals surface area contributed by atoms with Gasteiger partial charge in [0.1, 0.15) is 0 Å². The number of rotatable bonds is 5. The summed E-state index contributed by atoms with van der Waals surface area (Å²) in [5, 5.41) is 4.84. The quantitative estimate of drug-likeness (QED) is 0.688. The lowest BCUT2D eigenvalue weighted by molar-refractivity contribution is -0.137. The monoisotopic (exact) mass is 402 g/mol. The lowest BCUT2D eigenvalue weighted by atomic mass is 10.2. The highest BCUT2D eigenvalue weighted by molar-refractivity contribution is 8.00. The molecule has 0 aromatic heterocycles.